The number of alkyl halides is 3. The number of aromatic nitrogens is 1. The molecule has 2 heterocycles. The summed E-state index contributed by atoms with van der Waals surface area (Å²) in [5.41, 5.74) is 3.60. The number of nitrogens with zero attached hydrogens (tertiary/aromatic N) is 2. The van der Waals surface area contributed by atoms with Gasteiger partial charge in [0, 0.05) is 30.7 Å². The number of urea groups is 1. The Morgan fingerprint density at radius 1 is 1.03 bits per heavy atom. The highest BCUT2D eigenvalue weighted by Crippen LogP contribution is 2.32. The number of benzene rings is 2. The third-order valence-electron chi connectivity index (χ3n) is 5.19. The molecular formula is C23H21F3N4O. The van der Waals surface area contributed by atoms with E-state index in [1.165, 1.54) is 12.1 Å². The number of amides is 2. The van der Waals surface area contributed by atoms with Crippen molar-refractivity contribution in [2.45, 2.75) is 25.7 Å². The predicted octanol–water partition coefficient (Wildman–Crippen LogP) is 5.11. The number of nitrogens with one attached hydrogen (secondary N) is 2. The molecule has 5 nitrogen and oxygen atoms in total. The standard InChI is InChI=1S/C23H21F3N4O/c24-23(25,26)17-7-9-18(10-8-17)29-21-6-3-4-16-15-30(13-11-20(16)21)22(31)28-14-19-5-1-2-12-27-19/h1-10,12,29H,11,13-15H2,(H,28,31). The summed E-state index contributed by atoms with van der Waals surface area (Å²) in [5, 5.41) is 6.10. The van der Waals surface area contributed by atoms with Crippen LogP contribution in [-0.2, 0) is 25.7 Å². The second-order valence-electron chi connectivity index (χ2n) is 7.29. The van der Waals surface area contributed by atoms with Crippen molar-refractivity contribution in [3.05, 3.63) is 89.2 Å². The van der Waals surface area contributed by atoms with Crippen LogP contribution in [0.5, 0.6) is 0 Å². The van der Waals surface area contributed by atoms with Crippen LogP contribution in [-0.4, -0.2) is 22.5 Å². The first-order chi connectivity index (χ1) is 14.9. The van der Waals surface area contributed by atoms with E-state index in [2.05, 4.69) is 15.6 Å². The quantitative estimate of drug-likeness (QED) is 0.610. The van der Waals surface area contributed by atoms with Crippen molar-refractivity contribution in [2.24, 2.45) is 0 Å². The van der Waals surface area contributed by atoms with Crippen molar-refractivity contribution in [3.8, 4) is 0 Å². The maximum atomic E-state index is 12.8. The third-order valence-corrected chi connectivity index (χ3v) is 5.19. The Morgan fingerprint density at radius 2 is 1.84 bits per heavy atom. The molecule has 0 radical (unpaired) electrons. The Kier molecular flexibility index (Phi) is 5.79. The molecular weight excluding hydrogens is 405 g/mol. The SMILES string of the molecule is O=C(NCc1ccccn1)N1CCc2c(cccc2Nc2ccc(C(F)(F)F)cc2)C1. The zero-order chi connectivity index (χ0) is 21.8. The van der Waals surface area contributed by atoms with Gasteiger partial charge in [0.05, 0.1) is 17.8 Å². The molecule has 3 aromatic rings. The van der Waals surface area contributed by atoms with Crippen LogP contribution in [0.3, 0.4) is 0 Å². The average Bonchev–Trinajstić information content (AvgIpc) is 2.78. The minimum atomic E-state index is -4.36. The van der Waals surface area contributed by atoms with Crippen LogP contribution in [0.4, 0.5) is 29.3 Å². The normalized spacial score (nSPS) is 13.5. The van der Waals surface area contributed by atoms with E-state index in [1.807, 2.05) is 36.4 Å². The summed E-state index contributed by atoms with van der Waals surface area (Å²) in [4.78, 5) is 18.5. The van der Waals surface area contributed by atoms with Gasteiger partial charge >= 0.3 is 12.2 Å². The maximum Gasteiger partial charge on any atom is 0.416 e. The molecule has 4 rings (SSSR count). The smallest absolute Gasteiger partial charge is 0.355 e. The lowest BCUT2D eigenvalue weighted by atomic mass is 9.97. The summed E-state index contributed by atoms with van der Waals surface area (Å²) < 4.78 is 38.3. The van der Waals surface area contributed by atoms with Crippen molar-refractivity contribution in [1.82, 2.24) is 15.2 Å². The number of rotatable bonds is 4. The van der Waals surface area contributed by atoms with Gasteiger partial charge in [0.2, 0.25) is 0 Å². The molecule has 0 atom stereocenters. The van der Waals surface area contributed by atoms with Gasteiger partial charge in [0.15, 0.2) is 0 Å². The maximum absolute atomic E-state index is 12.8. The highest BCUT2D eigenvalue weighted by molar-refractivity contribution is 5.75. The number of fused-ring (bicyclic) bond motifs is 1. The van der Waals surface area contributed by atoms with Gasteiger partial charge in [-0.2, -0.15) is 13.2 Å². The van der Waals surface area contributed by atoms with Gasteiger partial charge in [-0.1, -0.05) is 18.2 Å². The van der Waals surface area contributed by atoms with E-state index in [-0.39, 0.29) is 6.03 Å². The lowest BCUT2D eigenvalue weighted by Gasteiger charge is -2.30. The summed E-state index contributed by atoms with van der Waals surface area (Å²) in [7, 11) is 0. The summed E-state index contributed by atoms with van der Waals surface area (Å²) in [5.74, 6) is 0. The van der Waals surface area contributed by atoms with Crippen LogP contribution in [0.25, 0.3) is 0 Å². The molecule has 0 spiro atoms. The van der Waals surface area contributed by atoms with Crippen molar-refractivity contribution in [2.75, 3.05) is 11.9 Å². The Morgan fingerprint density at radius 3 is 2.55 bits per heavy atom. The van der Waals surface area contributed by atoms with Gasteiger partial charge in [-0.05, 0) is 60.0 Å². The Bertz CT molecular complexity index is 1050. The van der Waals surface area contributed by atoms with E-state index in [1.54, 1.807) is 11.1 Å². The Balaban J connectivity index is 1.42. The average molecular weight is 426 g/mol. The van der Waals surface area contributed by atoms with Crippen LogP contribution in [0.2, 0.25) is 0 Å². The topological polar surface area (TPSA) is 57.3 Å². The number of pyridine rings is 1. The fraction of sp³-hybridized carbons (Fsp3) is 0.217. The number of anilines is 2. The van der Waals surface area contributed by atoms with E-state index >= 15 is 0 Å². The summed E-state index contributed by atoms with van der Waals surface area (Å²) >= 11 is 0. The van der Waals surface area contributed by atoms with E-state index in [0.29, 0.717) is 31.7 Å². The molecule has 1 aromatic heterocycles. The van der Waals surface area contributed by atoms with Crippen molar-refractivity contribution in [3.63, 3.8) is 0 Å². The molecule has 31 heavy (non-hydrogen) atoms. The van der Waals surface area contributed by atoms with Gasteiger partial charge < -0.3 is 15.5 Å². The van der Waals surface area contributed by atoms with Crippen LogP contribution in [0.15, 0.2) is 66.9 Å². The van der Waals surface area contributed by atoms with Crippen LogP contribution < -0.4 is 10.6 Å². The number of carbonyl (C=O) groups excluding carboxylic acids is 1. The van der Waals surface area contributed by atoms with E-state index in [9.17, 15) is 18.0 Å². The largest absolute Gasteiger partial charge is 0.416 e. The molecule has 0 aliphatic carbocycles. The highest BCUT2D eigenvalue weighted by atomic mass is 19.4. The molecule has 0 unspecified atom stereocenters. The molecule has 2 N–H and O–H groups in total. The zero-order valence-corrected chi connectivity index (χ0v) is 16.6. The monoisotopic (exact) mass is 426 g/mol. The van der Waals surface area contributed by atoms with Gasteiger partial charge in [0.1, 0.15) is 0 Å². The van der Waals surface area contributed by atoms with Gasteiger partial charge in [-0.3, -0.25) is 4.98 Å². The molecule has 160 valence electrons. The summed E-state index contributed by atoms with van der Waals surface area (Å²) in [6.45, 7) is 1.37. The van der Waals surface area contributed by atoms with Crippen molar-refractivity contribution < 1.29 is 18.0 Å². The first kappa shape index (κ1) is 20.7. The van der Waals surface area contributed by atoms with Crippen molar-refractivity contribution in [1.29, 1.82) is 0 Å². The fourth-order valence-electron chi connectivity index (χ4n) is 3.58. The number of carbonyl (C=O) groups is 1. The first-order valence-corrected chi connectivity index (χ1v) is 9.88. The molecule has 0 saturated carbocycles. The molecule has 0 saturated heterocycles. The molecule has 1 aliphatic rings. The molecule has 2 aromatic carbocycles. The first-order valence-electron chi connectivity index (χ1n) is 9.88. The van der Waals surface area contributed by atoms with Gasteiger partial charge in [0.25, 0.3) is 0 Å². The minimum absolute atomic E-state index is 0.155. The van der Waals surface area contributed by atoms with Crippen LogP contribution >= 0.6 is 0 Å². The molecule has 1 aliphatic heterocycles. The van der Waals surface area contributed by atoms with Gasteiger partial charge in [-0.15, -0.1) is 0 Å². The van der Waals surface area contributed by atoms with E-state index < -0.39 is 11.7 Å². The molecule has 0 fully saturated rings. The van der Waals surface area contributed by atoms with Crippen LogP contribution in [0.1, 0.15) is 22.4 Å². The Labute approximate surface area is 177 Å². The molecule has 2 amide bonds. The van der Waals surface area contributed by atoms with E-state index in [4.69, 9.17) is 0 Å². The third kappa shape index (κ3) is 4.96. The zero-order valence-electron chi connectivity index (χ0n) is 16.6. The summed E-state index contributed by atoms with van der Waals surface area (Å²) in [6, 6.07) is 16.1. The lowest BCUT2D eigenvalue weighted by Crippen LogP contribution is -2.42. The number of hydrogen-bond acceptors (Lipinski definition) is 3. The van der Waals surface area contributed by atoms with Crippen molar-refractivity contribution >= 4 is 17.4 Å². The predicted molar refractivity (Wildman–Crippen MR) is 112 cm³/mol. The number of halogens is 3. The minimum Gasteiger partial charge on any atom is -0.355 e. The highest BCUT2D eigenvalue weighted by Gasteiger charge is 2.30. The molecule has 8 heteroatoms. The Hall–Kier alpha value is -3.55. The lowest BCUT2D eigenvalue weighted by molar-refractivity contribution is -0.137. The second kappa shape index (κ2) is 8.67. The fourth-order valence-corrected chi connectivity index (χ4v) is 3.58. The molecule has 0 bridgehead atoms. The number of hydrogen-bond donors (Lipinski definition) is 2. The second-order valence-corrected chi connectivity index (χ2v) is 7.29. The summed E-state index contributed by atoms with van der Waals surface area (Å²) in [6.07, 6.45) is -2.02. The van der Waals surface area contributed by atoms with Gasteiger partial charge in [-0.25, -0.2) is 4.79 Å². The van der Waals surface area contributed by atoms with Crippen LogP contribution in [0, 0.1) is 0 Å². The van der Waals surface area contributed by atoms with E-state index in [0.717, 1.165) is 34.6 Å².